The molecule has 1 amide bonds. The van der Waals surface area contributed by atoms with Gasteiger partial charge in [-0.05, 0) is 50.0 Å². The summed E-state index contributed by atoms with van der Waals surface area (Å²) in [7, 11) is 1.76. The van der Waals surface area contributed by atoms with Gasteiger partial charge >= 0.3 is 0 Å². The summed E-state index contributed by atoms with van der Waals surface area (Å²) in [5, 5.41) is 11.0. The molecule has 1 aromatic rings. The highest BCUT2D eigenvalue weighted by Crippen LogP contribution is 2.20. The molecule has 0 aromatic carbocycles. The highest BCUT2D eigenvalue weighted by atomic mass is 32.2. The molecule has 1 atom stereocenters. The summed E-state index contributed by atoms with van der Waals surface area (Å²) >= 11 is 1.53. The van der Waals surface area contributed by atoms with E-state index in [0.717, 1.165) is 42.1 Å². The number of carbonyl (C=O) groups is 1. The van der Waals surface area contributed by atoms with Gasteiger partial charge in [-0.15, -0.1) is 0 Å². The van der Waals surface area contributed by atoms with E-state index in [1.54, 1.807) is 19.3 Å². The topological polar surface area (TPSA) is 130 Å². The van der Waals surface area contributed by atoms with E-state index >= 15 is 0 Å². The van der Waals surface area contributed by atoms with Crippen LogP contribution in [0.3, 0.4) is 0 Å². The summed E-state index contributed by atoms with van der Waals surface area (Å²) in [4.78, 5) is 16.2. The van der Waals surface area contributed by atoms with Crippen LogP contribution in [0.4, 0.5) is 0 Å². The molecule has 1 aromatic heterocycles. The number of unbranched alkanes of at least 4 members (excludes halogenated alkanes) is 1. The van der Waals surface area contributed by atoms with E-state index in [9.17, 15) is 4.79 Å². The second-order valence-corrected chi connectivity index (χ2v) is 7.20. The van der Waals surface area contributed by atoms with Crippen LogP contribution in [0.15, 0.2) is 53.2 Å². The monoisotopic (exact) mass is 389 g/mol. The van der Waals surface area contributed by atoms with Gasteiger partial charge in [0.05, 0.1) is 17.3 Å². The van der Waals surface area contributed by atoms with Crippen molar-refractivity contribution in [3.05, 3.63) is 53.8 Å². The van der Waals surface area contributed by atoms with Crippen LogP contribution < -0.4 is 27.5 Å². The van der Waals surface area contributed by atoms with Gasteiger partial charge in [-0.3, -0.25) is 15.2 Å². The van der Waals surface area contributed by atoms with Crippen molar-refractivity contribution in [2.45, 2.75) is 37.6 Å². The Balaban J connectivity index is 1.61. The number of nitrogens with one attached hydrogen (secondary N) is 3. The Bertz CT molecular complexity index is 703. The molecule has 0 radical (unpaired) electrons. The first-order valence-corrected chi connectivity index (χ1v) is 9.72. The Morgan fingerprint density at radius 1 is 1.33 bits per heavy atom. The Morgan fingerprint density at radius 2 is 2.19 bits per heavy atom. The molecule has 146 valence electrons. The van der Waals surface area contributed by atoms with E-state index < -0.39 is 0 Å². The lowest BCUT2D eigenvalue weighted by Crippen LogP contribution is -2.39. The second-order valence-electron chi connectivity index (χ2n) is 6.02. The van der Waals surface area contributed by atoms with Gasteiger partial charge in [0.25, 0.3) is 0 Å². The van der Waals surface area contributed by atoms with Crippen molar-refractivity contribution >= 4 is 22.7 Å². The maximum Gasteiger partial charge on any atom is 0.228 e. The maximum atomic E-state index is 12.0. The first kappa shape index (κ1) is 20.6. The fraction of sp³-hybridized carbons (Fsp3) is 0.389. The third-order valence-electron chi connectivity index (χ3n) is 3.79. The van der Waals surface area contributed by atoms with E-state index in [2.05, 4.69) is 26.1 Å². The van der Waals surface area contributed by atoms with Gasteiger partial charge in [0.15, 0.2) is 5.50 Å². The molecule has 8 nitrogen and oxygen atoms in total. The minimum Gasteiger partial charge on any atom is -0.402 e. The third-order valence-corrected chi connectivity index (χ3v) is 4.82. The highest BCUT2D eigenvalue weighted by Gasteiger charge is 2.20. The molecule has 0 aliphatic carbocycles. The van der Waals surface area contributed by atoms with Gasteiger partial charge in [0, 0.05) is 24.6 Å². The van der Waals surface area contributed by atoms with E-state index in [1.807, 2.05) is 24.3 Å². The van der Waals surface area contributed by atoms with Crippen LogP contribution in [0.1, 0.15) is 31.4 Å². The Morgan fingerprint density at radius 3 is 2.93 bits per heavy atom. The summed E-state index contributed by atoms with van der Waals surface area (Å²) in [6.45, 7) is 0. The van der Waals surface area contributed by atoms with Crippen molar-refractivity contribution in [1.29, 1.82) is 0 Å². The maximum absolute atomic E-state index is 12.0. The summed E-state index contributed by atoms with van der Waals surface area (Å²) < 4.78 is 0. The molecule has 7 N–H and O–H groups in total. The summed E-state index contributed by atoms with van der Waals surface area (Å²) in [5.74, 6) is 0.499. The standard InChI is InChI=1S/C18H27N7OS/c1-21-15(20)10-9-13(19)6-2-3-8-17-24-25-18(27-17)23-16(26)12-14-7-4-5-11-22-14/h4-5,7,9-11,18,21,25H,2-3,6,8,12,19-20H2,1H3,(H,23,26)/b13-9-,15-10+. The van der Waals surface area contributed by atoms with Crippen LogP contribution in [-0.4, -0.2) is 28.5 Å². The zero-order valence-electron chi connectivity index (χ0n) is 15.4. The van der Waals surface area contributed by atoms with Gasteiger partial charge in [0.2, 0.25) is 5.91 Å². The van der Waals surface area contributed by atoms with Crippen molar-refractivity contribution in [3.63, 3.8) is 0 Å². The van der Waals surface area contributed by atoms with Gasteiger partial charge in [-0.25, -0.2) is 0 Å². The fourth-order valence-electron chi connectivity index (χ4n) is 2.33. The number of pyridine rings is 1. The Labute approximate surface area is 163 Å². The van der Waals surface area contributed by atoms with Crippen molar-refractivity contribution in [2.75, 3.05) is 7.05 Å². The molecule has 1 unspecified atom stereocenters. The van der Waals surface area contributed by atoms with Gasteiger partial charge in [-0.1, -0.05) is 17.8 Å². The fourth-order valence-corrected chi connectivity index (χ4v) is 3.26. The Kier molecular flexibility index (Phi) is 8.50. The number of hydrogen-bond acceptors (Lipinski definition) is 8. The predicted molar refractivity (Wildman–Crippen MR) is 110 cm³/mol. The molecule has 1 aliphatic heterocycles. The predicted octanol–water partition coefficient (Wildman–Crippen LogP) is 1.10. The molecule has 27 heavy (non-hydrogen) atoms. The van der Waals surface area contributed by atoms with Crippen LogP contribution in [0, 0.1) is 0 Å². The lowest BCUT2D eigenvalue weighted by atomic mass is 10.1. The zero-order valence-corrected chi connectivity index (χ0v) is 16.3. The average Bonchev–Trinajstić information content (AvgIpc) is 3.11. The lowest BCUT2D eigenvalue weighted by Gasteiger charge is -2.11. The van der Waals surface area contributed by atoms with Crippen molar-refractivity contribution in [3.8, 4) is 0 Å². The van der Waals surface area contributed by atoms with Crippen molar-refractivity contribution < 1.29 is 4.79 Å². The first-order chi connectivity index (χ1) is 13.1. The molecule has 1 aliphatic rings. The van der Waals surface area contributed by atoms with Crippen LogP contribution in [0.25, 0.3) is 0 Å². The number of aromatic nitrogens is 1. The number of carbonyl (C=O) groups excluding carboxylic acids is 1. The molecular formula is C18H27N7OS. The van der Waals surface area contributed by atoms with E-state index in [1.165, 1.54) is 11.8 Å². The van der Waals surface area contributed by atoms with Gasteiger partial charge in [0.1, 0.15) is 0 Å². The SMILES string of the molecule is CN/C(N)=C/C=C(\N)CCCCC1=NNC(NC(=O)Cc2ccccn2)S1. The number of nitrogens with zero attached hydrogens (tertiary/aromatic N) is 2. The lowest BCUT2D eigenvalue weighted by molar-refractivity contribution is -0.120. The molecule has 2 rings (SSSR count). The summed E-state index contributed by atoms with van der Waals surface area (Å²) in [6, 6.07) is 5.53. The minimum absolute atomic E-state index is 0.0815. The number of hydrazone groups is 1. The highest BCUT2D eigenvalue weighted by molar-refractivity contribution is 8.14. The zero-order chi connectivity index (χ0) is 19.5. The van der Waals surface area contributed by atoms with Crippen molar-refractivity contribution in [1.82, 2.24) is 21.0 Å². The van der Waals surface area contributed by atoms with Crippen LogP contribution in [0.2, 0.25) is 0 Å². The minimum atomic E-state index is -0.226. The van der Waals surface area contributed by atoms with Crippen LogP contribution >= 0.6 is 11.8 Å². The van der Waals surface area contributed by atoms with Crippen molar-refractivity contribution in [2.24, 2.45) is 16.6 Å². The molecular weight excluding hydrogens is 362 g/mol. The summed E-state index contributed by atoms with van der Waals surface area (Å²) in [6.07, 6.45) is 9.12. The molecule has 0 spiro atoms. The van der Waals surface area contributed by atoms with E-state index in [-0.39, 0.29) is 17.8 Å². The van der Waals surface area contributed by atoms with Crippen LogP contribution in [0.5, 0.6) is 0 Å². The molecule has 0 bridgehead atoms. The smallest absolute Gasteiger partial charge is 0.228 e. The molecule has 2 heterocycles. The number of allylic oxidation sites excluding steroid dienone is 3. The first-order valence-electron chi connectivity index (χ1n) is 8.84. The number of hydrogen-bond donors (Lipinski definition) is 5. The second kappa shape index (κ2) is 11.1. The average molecular weight is 390 g/mol. The number of nitrogens with two attached hydrogens (primary N) is 2. The molecule has 0 saturated carbocycles. The molecule has 0 saturated heterocycles. The number of rotatable bonds is 10. The molecule has 9 heteroatoms. The Hall–Kier alpha value is -2.68. The van der Waals surface area contributed by atoms with Crippen LogP contribution in [-0.2, 0) is 11.2 Å². The normalized spacial score (nSPS) is 17.2. The summed E-state index contributed by atoms with van der Waals surface area (Å²) in [5.41, 5.74) is 15.8. The quantitative estimate of drug-likeness (QED) is 0.299. The van der Waals surface area contributed by atoms with Gasteiger partial charge in [-0.2, -0.15) is 5.10 Å². The van der Waals surface area contributed by atoms with E-state index in [0.29, 0.717) is 5.82 Å². The third kappa shape index (κ3) is 8.04. The molecule has 0 fully saturated rings. The van der Waals surface area contributed by atoms with Gasteiger partial charge < -0.3 is 22.1 Å². The number of amides is 1. The number of thioether (sulfide) groups is 1. The largest absolute Gasteiger partial charge is 0.402 e. The van der Waals surface area contributed by atoms with E-state index in [4.69, 9.17) is 11.5 Å².